The lowest BCUT2D eigenvalue weighted by molar-refractivity contribution is -0.132. The molecular formula is C29H30FN3O6. The van der Waals surface area contributed by atoms with Crippen LogP contribution in [0.5, 0.6) is 11.5 Å². The molecule has 0 bridgehead atoms. The molecule has 1 fully saturated rings. The van der Waals surface area contributed by atoms with E-state index in [9.17, 15) is 18.8 Å². The van der Waals surface area contributed by atoms with Gasteiger partial charge in [-0.05, 0) is 60.5 Å². The second-order valence-electron chi connectivity index (χ2n) is 9.28. The Kier molecular flexibility index (Phi) is 8.65. The molecule has 0 spiro atoms. The maximum atomic E-state index is 14.3. The summed E-state index contributed by atoms with van der Waals surface area (Å²) in [6.45, 7) is 1.95. The summed E-state index contributed by atoms with van der Waals surface area (Å²) in [6.07, 6.45) is -0.992. The second-order valence-corrected chi connectivity index (χ2v) is 9.28. The Balaban J connectivity index is 1.37. The Morgan fingerprint density at radius 3 is 2.44 bits per heavy atom. The van der Waals surface area contributed by atoms with Crippen molar-refractivity contribution in [3.63, 3.8) is 0 Å². The summed E-state index contributed by atoms with van der Waals surface area (Å²) < 4.78 is 25.4. The number of likely N-dealkylation sites (tertiary alicyclic amines) is 1. The molecule has 3 N–H and O–H groups in total. The van der Waals surface area contributed by atoms with Crippen molar-refractivity contribution in [3.05, 3.63) is 83.4 Å². The molecule has 0 aliphatic carbocycles. The fourth-order valence-corrected chi connectivity index (χ4v) is 4.42. The number of aromatic carboxylic acids is 1. The molecule has 3 aromatic carbocycles. The van der Waals surface area contributed by atoms with Gasteiger partial charge in [0.2, 0.25) is 5.91 Å². The van der Waals surface area contributed by atoms with Crippen molar-refractivity contribution in [2.45, 2.75) is 32.0 Å². The molecule has 0 saturated carbocycles. The van der Waals surface area contributed by atoms with Crippen LogP contribution in [0, 0.1) is 6.92 Å². The van der Waals surface area contributed by atoms with Crippen molar-refractivity contribution in [1.29, 1.82) is 0 Å². The van der Waals surface area contributed by atoms with Gasteiger partial charge in [-0.25, -0.2) is 14.0 Å². The number of hydrogen-bond acceptors (Lipinski definition) is 5. The first-order chi connectivity index (χ1) is 18.7. The first-order valence-corrected chi connectivity index (χ1v) is 12.4. The van der Waals surface area contributed by atoms with Crippen molar-refractivity contribution >= 4 is 29.3 Å². The average molecular weight is 536 g/mol. The van der Waals surface area contributed by atoms with E-state index in [4.69, 9.17) is 14.6 Å². The zero-order valence-corrected chi connectivity index (χ0v) is 21.6. The van der Waals surface area contributed by atoms with Crippen molar-refractivity contribution in [3.8, 4) is 11.5 Å². The minimum Gasteiger partial charge on any atom is -0.495 e. The van der Waals surface area contributed by atoms with Gasteiger partial charge >= 0.3 is 12.0 Å². The molecule has 1 aliphatic rings. The highest BCUT2D eigenvalue weighted by molar-refractivity contribution is 6.01. The van der Waals surface area contributed by atoms with E-state index in [1.165, 1.54) is 36.3 Å². The van der Waals surface area contributed by atoms with Gasteiger partial charge in [-0.3, -0.25) is 4.79 Å². The number of alkyl halides is 1. The van der Waals surface area contributed by atoms with Gasteiger partial charge in [0.15, 0.2) is 0 Å². The van der Waals surface area contributed by atoms with Crippen LogP contribution >= 0.6 is 0 Å². The van der Waals surface area contributed by atoms with Crippen LogP contribution in [0.15, 0.2) is 66.7 Å². The molecule has 1 saturated heterocycles. The number of methoxy groups -OCH3 is 1. The summed E-state index contributed by atoms with van der Waals surface area (Å²) in [5, 5.41) is 14.6. The third-order valence-electron chi connectivity index (χ3n) is 6.49. The SMILES string of the molecule is COc1cc(CC(=O)N2C[C@H](F)C[C@H]2COc2ccc(C(=O)O)cc2)ccc1NC(=O)Nc1ccccc1C. The smallest absolute Gasteiger partial charge is 0.335 e. The van der Waals surface area contributed by atoms with Gasteiger partial charge in [0, 0.05) is 12.1 Å². The molecule has 0 aromatic heterocycles. The number of aryl methyl sites for hydroxylation is 1. The van der Waals surface area contributed by atoms with E-state index in [1.54, 1.807) is 24.3 Å². The molecule has 9 nitrogen and oxygen atoms in total. The van der Waals surface area contributed by atoms with E-state index >= 15 is 0 Å². The largest absolute Gasteiger partial charge is 0.495 e. The van der Waals surface area contributed by atoms with Crippen LogP contribution in [0.1, 0.15) is 27.9 Å². The van der Waals surface area contributed by atoms with Crippen LogP contribution in [-0.2, 0) is 11.2 Å². The van der Waals surface area contributed by atoms with Crippen LogP contribution in [0.3, 0.4) is 0 Å². The zero-order chi connectivity index (χ0) is 27.9. The van der Waals surface area contributed by atoms with Crippen molar-refractivity contribution in [2.24, 2.45) is 0 Å². The summed E-state index contributed by atoms with van der Waals surface area (Å²) in [6, 6.07) is 17.4. The van der Waals surface area contributed by atoms with Gasteiger partial charge in [-0.2, -0.15) is 0 Å². The standard InChI is InChI=1S/C29H30FN3O6/c1-18-5-3-4-6-24(18)31-29(37)32-25-12-7-19(13-26(25)38-2)14-27(34)33-16-21(30)15-22(33)17-39-23-10-8-20(9-11-23)28(35)36/h3-13,21-22H,14-17H2,1-2H3,(H,35,36)(H2,31,32,37)/t21-,22+/m1/s1. The number of carbonyl (C=O) groups is 3. The monoisotopic (exact) mass is 535 g/mol. The topological polar surface area (TPSA) is 117 Å². The number of para-hydroxylation sites is 1. The quantitative estimate of drug-likeness (QED) is 0.359. The van der Waals surface area contributed by atoms with E-state index < -0.39 is 24.2 Å². The van der Waals surface area contributed by atoms with Crippen molar-refractivity contribution < 1.29 is 33.4 Å². The molecule has 0 unspecified atom stereocenters. The van der Waals surface area contributed by atoms with E-state index in [2.05, 4.69) is 10.6 Å². The first kappa shape index (κ1) is 27.4. The van der Waals surface area contributed by atoms with E-state index in [0.717, 1.165) is 5.56 Å². The third kappa shape index (κ3) is 7.04. The Morgan fingerprint density at radius 1 is 1.03 bits per heavy atom. The van der Waals surface area contributed by atoms with E-state index in [0.29, 0.717) is 28.4 Å². The van der Waals surface area contributed by atoms with Crippen LogP contribution in [-0.4, -0.2) is 60.4 Å². The normalized spacial score (nSPS) is 16.4. The highest BCUT2D eigenvalue weighted by atomic mass is 19.1. The second kappa shape index (κ2) is 12.3. The lowest BCUT2D eigenvalue weighted by Crippen LogP contribution is -2.40. The molecule has 1 aliphatic heterocycles. The fraction of sp³-hybridized carbons (Fsp3) is 0.276. The maximum absolute atomic E-state index is 14.3. The number of urea groups is 1. The lowest BCUT2D eigenvalue weighted by atomic mass is 10.1. The van der Waals surface area contributed by atoms with E-state index in [1.807, 2.05) is 25.1 Å². The molecule has 4 rings (SSSR count). The highest BCUT2D eigenvalue weighted by Gasteiger charge is 2.35. The minimum atomic E-state index is -1.16. The molecule has 3 amide bonds. The van der Waals surface area contributed by atoms with Gasteiger partial charge in [-0.1, -0.05) is 24.3 Å². The highest BCUT2D eigenvalue weighted by Crippen LogP contribution is 2.28. The number of nitrogens with one attached hydrogen (secondary N) is 2. The number of hydrogen-bond donors (Lipinski definition) is 3. The fourth-order valence-electron chi connectivity index (χ4n) is 4.42. The van der Waals surface area contributed by atoms with Gasteiger partial charge < -0.3 is 30.1 Å². The molecule has 1 heterocycles. The number of rotatable bonds is 9. The third-order valence-corrected chi connectivity index (χ3v) is 6.49. The van der Waals surface area contributed by atoms with E-state index in [-0.39, 0.29) is 37.5 Å². The number of carbonyl (C=O) groups excluding carboxylic acids is 2. The predicted octanol–water partition coefficient (Wildman–Crippen LogP) is 4.91. The first-order valence-electron chi connectivity index (χ1n) is 12.4. The summed E-state index contributed by atoms with van der Waals surface area (Å²) in [5.74, 6) is -0.478. The van der Waals surface area contributed by atoms with Gasteiger partial charge in [0.25, 0.3) is 0 Å². The molecular weight excluding hydrogens is 505 g/mol. The number of carboxylic acid groups (broad SMARTS) is 1. The number of nitrogens with zero attached hydrogens (tertiary/aromatic N) is 1. The Bertz CT molecular complexity index is 1350. The summed E-state index contributed by atoms with van der Waals surface area (Å²) >= 11 is 0. The summed E-state index contributed by atoms with van der Waals surface area (Å²) in [4.78, 5) is 38.1. The number of benzene rings is 3. The Morgan fingerprint density at radius 2 is 1.74 bits per heavy atom. The lowest BCUT2D eigenvalue weighted by Gasteiger charge is -2.24. The number of halogens is 1. The van der Waals surface area contributed by atoms with Gasteiger partial charge in [0.1, 0.15) is 24.3 Å². The molecule has 3 aromatic rings. The molecule has 204 valence electrons. The van der Waals surface area contributed by atoms with Crippen LogP contribution in [0.4, 0.5) is 20.6 Å². The number of carboxylic acids is 1. The number of anilines is 2. The zero-order valence-electron chi connectivity index (χ0n) is 21.6. The maximum Gasteiger partial charge on any atom is 0.335 e. The Hall–Kier alpha value is -4.60. The number of ether oxygens (including phenoxy) is 2. The minimum absolute atomic E-state index is 0.0164. The Labute approximate surface area is 225 Å². The van der Waals surface area contributed by atoms with Crippen LogP contribution in [0.25, 0.3) is 0 Å². The van der Waals surface area contributed by atoms with Crippen molar-refractivity contribution in [1.82, 2.24) is 4.90 Å². The van der Waals surface area contributed by atoms with Crippen LogP contribution < -0.4 is 20.1 Å². The van der Waals surface area contributed by atoms with Crippen LogP contribution in [0.2, 0.25) is 0 Å². The molecule has 10 heteroatoms. The van der Waals surface area contributed by atoms with Crippen molar-refractivity contribution in [2.75, 3.05) is 30.9 Å². The summed E-state index contributed by atoms with van der Waals surface area (Å²) in [7, 11) is 1.47. The number of amides is 3. The van der Waals surface area contributed by atoms with Gasteiger partial charge in [-0.15, -0.1) is 0 Å². The van der Waals surface area contributed by atoms with Gasteiger partial charge in [0.05, 0.1) is 37.4 Å². The molecule has 39 heavy (non-hydrogen) atoms. The molecule has 0 radical (unpaired) electrons. The summed E-state index contributed by atoms with van der Waals surface area (Å²) in [5.41, 5.74) is 2.82. The average Bonchev–Trinajstić information content (AvgIpc) is 3.30. The molecule has 2 atom stereocenters. The predicted molar refractivity (Wildman–Crippen MR) is 144 cm³/mol.